The number of para-hydroxylation sites is 1. The van der Waals surface area contributed by atoms with Crippen LogP contribution in [0.25, 0.3) is 10.9 Å². The number of quaternary nitrogens is 1. The lowest BCUT2D eigenvalue weighted by molar-refractivity contribution is -0.657. The predicted molar refractivity (Wildman–Crippen MR) is 84.5 cm³/mol. The third kappa shape index (κ3) is 4.16. The van der Waals surface area contributed by atoms with Gasteiger partial charge in [0.05, 0.1) is 18.3 Å². The number of fused-ring (bicyclic) bond motifs is 1. The number of hydrazone groups is 1. The van der Waals surface area contributed by atoms with Crippen LogP contribution in [-0.4, -0.2) is 29.7 Å². The summed E-state index contributed by atoms with van der Waals surface area (Å²) in [5, 5.41) is 7.17. The number of nitrogens with one attached hydrogen (secondary N) is 1. The first-order valence-electron chi connectivity index (χ1n) is 6.84. The van der Waals surface area contributed by atoms with Gasteiger partial charge in [-0.15, -0.1) is 12.4 Å². The van der Waals surface area contributed by atoms with Crippen LogP contribution in [0.1, 0.15) is 18.4 Å². The van der Waals surface area contributed by atoms with Crippen LogP contribution in [0, 0.1) is 0 Å². The van der Waals surface area contributed by atoms with Crippen molar-refractivity contribution in [3.8, 4) is 0 Å². The molecule has 0 bridgehead atoms. The number of hydrogen-bond donors (Lipinski definition) is 2. The Morgan fingerprint density at radius 1 is 1.36 bits per heavy atom. The standard InChI is InChI=1S/C15H16N4O.2ClH/c20-15(13-7-3-8-16-13)19-18-10-12-5-1-4-11-6-2-9-17-14(11)12;;/h1-2,4-6,9-10,13,16H,3,7-8H2,(H,19,20);2*1H/t13-;;/m0../s1. The minimum atomic E-state index is -0.0213. The molecular weight excluding hydrogens is 323 g/mol. The van der Waals surface area contributed by atoms with Gasteiger partial charge >= 0.3 is 0 Å². The molecule has 3 N–H and O–H groups in total. The number of carbonyl (C=O) groups is 1. The topological polar surface area (TPSA) is 71.0 Å². The first-order chi connectivity index (χ1) is 9.84. The second-order valence-corrected chi connectivity index (χ2v) is 4.93. The highest BCUT2D eigenvalue weighted by Crippen LogP contribution is 2.13. The van der Waals surface area contributed by atoms with E-state index in [0.29, 0.717) is 0 Å². The summed E-state index contributed by atoms with van der Waals surface area (Å²) in [5.41, 5.74) is 4.40. The van der Waals surface area contributed by atoms with Crippen molar-refractivity contribution in [2.75, 3.05) is 6.54 Å². The molecular formula is C15H18Cl2N4O. The van der Waals surface area contributed by atoms with E-state index in [1.807, 2.05) is 30.3 Å². The van der Waals surface area contributed by atoms with Crippen LogP contribution >= 0.6 is 12.4 Å². The Balaban J connectivity index is 0.00000121. The SMILES string of the molecule is Cl.O=C(NN=Cc1cccc2cccnc12)[C@@H]1CCC[NH2+]1.[Cl-]. The summed E-state index contributed by atoms with van der Waals surface area (Å²) in [5.74, 6) is -0.0213. The summed E-state index contributed by atoms with van der Waals surface area (Å²) in [4.78, 5) is 16.2. The van der Waals surface area contributed by atoms with Crippen molar-refractivity contribution < 1.29 is 22.5 Å². The second-order valence-electron chi connectivity index (χ2n) is 4.93. The smallest absolute Gasteiger partial charge is 0.298 e. The summed E-state index contributed by atoms with van der Waals surface area (Å²) < 4.78 is 0. The maximum atomic E-state index is 11.8. The first-order valence-corrected chi connectivity index (χ1v) is 6.84. The largest absolute Gasteiger partial charge is 1.00 e. The Hall–Kier alpha value is -1.69. The third-order valence-corrected chi connectivity index (χ3v) is 3.55. The van der Waals surface area contributed by atoms with Crippen molar-refractivity contribution in [2.24, 2.45) is 5.10 Å². The van der Waals surface area contributed by atoms with Crippen molar-refractivity contribution in [1.29, 1.82) is 0 Å². The molecule has 1 aliphatic heterocycles. The number of halogens is 2. The number of benzene rings is 1. The van der Waals surface area contributed by atoms with Crippen LogP contribution in [0.3, 0.4) is 0 Å². The number of rotatable bonds is 3. The molecule has 7 heteroatoms. The number of aromatic nitrogens is 1. The van der Waals surface area contributed by atoms with Gasteiger partial charge < -0.3 is 17.7 Å². The van der Waals surface area contributed by atoms with E-state index in [0.717, 1.165) is 35.9 Å². The number of nitrogens with two attached hydrogens (primary N) is 1. The lowest BCUT2D eigenvalue weighted by Crippen LogP contribution is -3.00. The molecule has 5 nitrogen and oxygen atoms in total. The minimum Gasteiger partial charge on any atom is -1.00 e. The van der Waals surface area contributed by atoms with Crippen LogP contribution in [0.2, 0.25) is 0 Å². The summed E-state index contributed by atoms with van der Waals surface area (Å²) in [6.45, 7) is 1.02. The molecule has 2 aromatic rings. The average molecular weight is 341 g/mol. The Morgan fingerprint density at radius 2 is 2.18 bits per heavy atom. The predicted octanol–water partition coefficient (Wildman–Crippen LogP) is -2.16. The zero-order valence-electron chi connectivity index (χ0n) is 11.9. The molecule has 118 valence electrons. The highest BCUT2D eigenvalue weighted by molar-refractivity contribution is 5.97. The number of hydrogen-bond acceptors (Lipinski definition) is 3. The molecule has 1 aromatic heterocycles. The van der Waals surface area contributed by atoms with Gasteiger partial charge in [0.1, 0.15) is 0 Å². The van der Waals surface area contributed by atoms with Crippen LogP contribution in [-0.2, 0) is 4.79 Å². The van der Waals surface area contributed by atoms with Gasteiger partial charge in [0.2, 0.25) is 0 Å². The normalized spacial score (nSPS) is 17.0. The van der Waals surface area contributed by atoms with E-state index in [2.05, 4.69) is 20.8 Å². The van der Waals surface area contributed by atoms with Gasteiger partial charge in [0.15, 0.2) is 6.04 Å². The fourth-order valence-electron chi connectivity index (χ4n) is 2.49. The molecule has 1 amide bonds. The molecule has 0 unspecified atom stereocenters. The Morgan fingerprint density at radius 3 is 2.95 bits per heavy atom. The molecule has 0 radical (unpaired) electrons. The van der Waals surface area contributed by atoms with Crippen molar-refractivity contribution in [1.82, 2.24) is 10.4 Å². The van der Waals surface area contributed by atoms with Crippen molar-refractivity contribution in [2.45, 2.75) is 18.9 Å². The molecule has 0 spiro atoms. The van der Waals surface area contributed by atoms with E-state index in [1.165, 1.54) is 0 Å². The molecule has 0 aliphatic carbocycles. The van der Waals surface area contributed by atoms with E-state index in [9.17, 15) is 4.79 Å². The van der Waals surface area contributed by atoms with E-state index in [1.54, 1.807) is 12.4 Å². The number of pyridine rings is 1. The average Bonchev–Trinajstić information content (AvgIpc) is 3.02. The van der Waals surface area contributed by atoms with Crippen LogP contribution < -0.4 is 23.1 Å². The monoisotopic (exact) mass is 340 g/mol. The number of amides is 1. The molecule has 2 heterocycles. The summed E-state index contributed by atoms with van der Waals surface area (Å²) in [7, 11) is 0. The molecule has 0 saturated carbocycles. The van der Waals surface area contributed by atoms with Crippen LogP contribution in [0.15, 0.2) is 41.6 Å². The third-order valence-electron chi connectivity index (χ3n) is 3.55. The lowest BCUT2D eigenvalue weighted by atomic mass is 10.1. The van der Waals surface area contributed by atoms with Gasteiger partial charge in [-0.25, -0.2) is 5.43 Å². The molecule has 22 heavy (non-hydrogen) atoms. The van der Waals surface area contributed by atoms with Crippen LogP contribution in [0.5, 0.6) is 0 Å². The zero-order chi connectivity index (χ0) is 13.8. The van der Waals surface area contributed by atoms with Crippen LogP contribution in [0.4, 0.5) is 0 Å². The van der Waals surface area contributed by atoms with E-state index in [-0.39, 0.29) is 36.8 Å². The lowest BCUT2D eigenvalue weighted by Gasteiger charge is -2.04. The van der Waals surface area contributed by atoms with E-state index in [4.69, 9.17) is 0 Å². The summed E-state index contributed by atoms with van der Waals surface area (Å²) in [6.07, 6.45) is 5.43. The molecule has 1 atom stereocenters. The summed E-state index contributed by atoms with van der Waals surface area (Å²) in [6, 6.07) is 9.82. The van der Waals surface area contributed by atoms with Crippen molar-refractivity contribution in [3.63, 3.8) is 0 Å². The van der Waals surface area contributed by atoms with E-state index < -0.39 is 0 Å². The Bertz CT molecular complexity index is 652. The Kier molecular flexibility index (Phi) is 7.24. The maximum absolute atomic E-state index is 11.8. The quantitative estimate of drug-likeness (QED) is 0.493. The highest BCUT2D eigenvalue weighted by atomic mass is 35.5. The minimum absolute atomic E-state index is 0. The fraction of sp³-hybridized carbons (Fsp3) is 0.267. The van der Waals surface area contributed by atoms with Crippen molar-refractivity contribution in [3.05, 3.63) is 42.1 Å². The fourth-order valence-corrected chi connectivity index (χ4v) is 2.49. The van der Waals surface area contributed by atoms with Crippen molar-refractivity contribution >= 4 is 35.4 Å². The van der Waals surface area contributed by atoms with Gasteiger partial charge in [-0.3, -0.25) is 9.78 Å². The zero-order valence-corrected chi connectivity index (χ0v) is 13.5. The van der Waals surface area contributed by atoms with Gasteiger partial charge in [-0.05, 0) is 6.07 Å². The maximum Gasteiger partial charge on any atom is 0.298 e. The van der Waals surface area contributed by atoms with Gasteiger partial charge in [-0.2, -0.15) is 5.10 Å². The molecule has 1 aromatic carbocycles. The molecule has 1 fully saturated rings. The Labute approximate surface area is 141 Å². The molecule has 1 saturated heterocycles. The van der Waals surface area contributed by atoms with Gasteiger partial charge in [-0.1, -0.05) is 24.3 Å². The van der Waals surface area contributed by atoms with E-state index >= 15 is 0 Å². The van der Waals surface area contributed by atoms with Gasteiger partial charge in [0.25, 0.3) is 5.91 Å². The number of nitrogens with zero attached hydrogens (tertiary/aromatic N) is 2. The second kappa shape index (κ2) is 8.68. The van der Waals surface area contributed by atoms with Gasteiger partial charge in [0, 0.05) is 30.0 Å². The number of carbonyl (C=O) groups excluding carboxylic acids is 1. The summed E-state index contributed by atoms with van der Waals surface area (Å²) >= 11 is 0. The molecule has 3 rings (SSSR count). The molecule has 1 aliphatic rings. The highest BCUT2D eigenvalue weighted by Gasteiger charge is 2.25. The first kappa shape index (κ1) is 18.4.